The van der Waals surface area contributed by atoms with Crippen molar-refractivity contribution in [3.8, 4) is 34.1 Å². The molecule has 2 aromatic carbocycles. The number of phenolic OH excluding ortho intramolecular Hbond substituents is 2. The first-order valence-corrected chi connectivity index (χ1v) is 10.9. The molecule has 0 saturated carbocycles. The van der Waals surface area contributed by atoms with E-state index in [1.54, 1.807) is 0 Å². The summed E-state index contributed by atoms with van der Waals surface area (Å²) >= 11 is 0. The average Bonchev–Trinajstić information content (AvgIpc) is 3.59. The number of hydrogen-bond acceptors (Lipinski definition) is 12. The van der Waals surface area contributed by atoms with Crippen LogP contribution in [-0.4, -0.2) is 44.3 Å². The average molecular weight is 548 g/mol. The van der Waals surface area contributed by atoms with Gasteiger partial charge < -0.3 is 19.0 Å². The van der Waals surface area contributed by atoms with E-state index in [1.165, 1.54) is 36.4 Å². The fraction of sp³-hybridized carbons (Fsp3) is 0. The summed E-state index contributed by atoms with van der Waals surface area (Å²) in [6.45, 7) is 0. The van der Waals surface area contributed by atoms with Crippen LogP contribution in [0, 0.1) is 20.2 Å². The number of benzene rings is 2. The largest absolute Gasteiger partial charge is 0.502 e. The quantitative estimate of drug-likeness (QED) is 0.109. The standard InChI is InChI=1S/C24H16N6O10/c31-19-5-1-13(9-17(19)29(35)36)21-7-3-15(39-21)11-25-27-23(33)24(34)28-26-12-16-4-8-22(40-16)14-2-6-20(32)18(10-14)30(37)38/h1-12,31-32H,(H,27,33)(H,28,34)/b25-11-,26-12-. The van der Waals surface area contributed by atoms with Gasteiger partial charge in [-0.1, -0.05) is 0 Å². The maximum Gasteiger partial charge on any atom is 0.331 e. The van der Waals surface area contributed by atoms with E-state index >= 15 is 0 Å². The van der Waals surface area contributed by atoms with Gasteiger partial charge in [-0.3, -0.25) is 29.8 Å². The van der Waals surface area contributed by atoms with Crippen molar-refractivity contribution in [2.75, 3.05) is 0 Å². The van der Waals surface area contributed by atoms with Crippen LogP contribution in [-0.2, 0) is 9.59 Å². The highest BCUT2D eigenvalue weighted by Gasteiger charge is 2.17. The summed E-state index contributed by atoms with van der Waals surface area (Å²) in [7, 11) is 0. The third kappa shape index (κ3) is 6.14. The van der Waals surface area contributed by atoms with Crippen LogP contribution in [0.3, 0.4) is 0 Å². The number of nitro benzene ring substituents is 2. The summed E-state index contributed by atoms with van der Waals surface area (Å²) < 4.78 is 10.9. The van der Waals surface area contributed by atoms with Crippen molar-refractivity contribution in [1.29, 1.82) is 0 Å². The number of carbonyl (C=O) groups is 2. The molecular weight excluding hydrogens is 532 g/mol. The topological polar surface area (TPSA) is 236 Å². The fourth-order valence-electron chi connectivity index (χ4n) is 3.21. The number of hydrogen-bond donors (Lipinski definition) is 4. The lowest BCUT2D eigenvalue weighted by molar-refractivity contribution is -0.385. The summed E-state index contributed by atoms with van der Waals surface area (Å²) in [5, 5.41) is 48.3. The molecule has 0 bridgehead atoms. The van der Waals surface area contributed by atoms with Crippen LogP contribution in [0.25, 0.3) is 22.6 Å². The number of carbonyl (C=O) groups excluding carboxylic acids is 2. The number of nitrogens with zero attached hydrogens (tertiary/aromatic N) is 4. The van der Waals surface area contributed by atoms with E-state index in [1.807, 2.05) is 10.9 Å². The Morgan fingerprint density at radius 1 is 0.700 bits per heavy atom. The number of aromatic hydroxyl groups is 2. The van der Waals surface area contributed by atoms with Gasteiger partial charge in [-0.15, -0.1) is 0 Å². The molecule has 4 aromatic rings. The van der Waals surface area contributed by atoms with Crippen molar-refractivity contribution in [3.63, 3.8) is 0 Å². The molecule has 0 unspecified atom stereocenters. The van der Waals surface area contributed by atoms with Crippen molar-refractivity contribution in [3.05, 3.63) is 92.4 Å². The molecule has 4 N–H and O–H groups in total. The number of phenols is 2. The predicted octanol–water partition coefficient (Wildman–Crippen LogP) is 3.03. The van der Waals surface area contributed by atoms with E-state index in [0.29, 0.717) is 11.1 Å². The molecule has 0 fully saturated rings. The first-order valence-electron chi connectivity index (χ1n) is 10.9. The lowest BCUT2D eigenvalue weighted by Crippen LogP contribution is -2.35. The number of rotatable bonds is 8. The smallest absolute Gasteiger partial charge is 0.331 e. The number of nitro groups is 2. The van der Waals surface area contributed by atoms with Gasteiger partial charge in [0.05, 0.1) is 22.3 Å². The fourth-order valence-corrected chi connectivity index (χ4v) is 3.21. The summed E-state index contributed by atoms with van der Waals surface area (Å²) in [4.78, 5) is 44.3. The van der Waals surface area contributed by atoms with Gasteiger partial charge in [0, 0.05) is 23.3 Å². The lowest BCUT2D eigenvalue weighted by atomic mass is 10.1. The van der Waals surface area contributed by atoms with Gasteiger partial charge in [-0.25, -0.2) is 10.9 Å². The molecule has 2 aromatic heterocycles. The Labute approximate surface area is 222 Å². The van der Waals surface area contributed by atoms with Crippen LogP contribution in [0.4, 0.5) is 11.4 Å². The van der Waals surface area contributed by atoms with Crippen molar-refractivity contribution in [2.24, 2.45) is 10.2 Å². The molecule has 2 amide bonds. The number of amides is 2. The van der Waals surface area contributed by atoms with Gasteiger partial charge in [0.15, 0.2) is 11.5 Å². The molecule has 40 heavy (non-hydrogen) atoms. The third-order valence-electron chi connectivity index (χ3n) is 5.09. The van der Waals surface area contributed by atoms with Crippen LogP contribution >= 0.6 is 0 Å². The van der Waals surface area contributed by atoms with E-state index in [9.17, 15) is 40.0 Å². The van der Waals surface area contributed by atoms with Crippen LogP contribution in [0.1, 0.15) is 11.5 Å². The van der Waals surface area contributed by atoms with Crippen LogP contribution in [0.2, 0.25) is 0 Å². The third-order valence-corrected chi connectivity index (χ3v) is 5.09. The second kappa shape index (κ2) is 11.4. The van der Waals surface area contributed by atoms with Gasteiger partial charge in [0.25, 0.3) is 0 Å². The van der Waals surface area contributed by atoms with Gasteiger partial charge in [-0.05, 0) is 48.5 Å². The van der Waals surface area contributed by atoms with E-state index in [2.05, 4.69) is 10.2 Å². The summed E-state index contributed by atoms with van der Waals surface area (Å²) in [6, 6.07) is 13.3. The minimum absolute atomic E-state index is 0.150. The van der Waals surface area contributed by atoms with Crippen molar-refractivity contribution in [2.45, 2.75) is 0 Å². The Kier molecular flexibility index (Phi) is 7.61. The molecule has 0 spiro atoms. The highest BCUT2D eigenvalue weighted by molar-refractivity contribution is 6.35. The summed E-state index contributed by atoms with van der Waals surface area (Å²) in [5.41, 5.74) is 3.57. The van der Waals surface area contributed by atoms with Gasteiger partial charge in [0.2, 0.25) is 0 Å². The van der Waals surface area contributed by atoms with Gasteiger partial charge in [0.1, 0.15) is 23.0 Å². The minimum atomic E-state index is -1.16. The number of furan rings is 2. The molecule has 4 rings (SSSR count). The summed E-state index contributed by atoms with van der Waals surface area (Å²) in [5.74, 6) is -2.56. The number of hydrazone groups is 2. The molecule has 0 saturated heterocycles. The zero-order valence-electron chi connectivity index (χ0n) is 19.9. The Morgan fingerprint density at radius 2 is 1.10 bits per heavy atom. The van der Waals surface area contributed by atoms with Crippen LogP contribution in [0.15, 0.2) is 79.7 Å². The van der Waals surface area contributed by atoms with Gasteiger partial charge >= 0.3 is 23.2 Å². The van der Waals surface area contributed by atoms with Crippen molar-refractivity contribution in [1.82, 2.24) is 10.9 Å². The molecule has 16 nitrogen and oxygen atoms in total. The van der Waals surface area contributed by atoms with Crippen molar-refractivity contribution < 1.29 is 38.5 Å². The monoisotopic (exact) mass is 548 g/mol. The maximum atomic E-state index is 11.9. The molecule has 0 atom stereocenters. The lowest BCUT2D eigenvalue weighted by Gasteiger charge is -1.99. The normalized spacial score (nSPS) is 11.1. The Balaban J connectivity index is 1.30. The number of nitrogens with one attached hydrogen (secondary N) is 2. The zero-order chi connectivity index (χ0) is 28.8. The minimum Gasteiger partial charge on any atom is -0.502 e. The molecule has 2 heterocycles. The highest BCUT2D eigenvalue weighted by Crippen LogP contribution is 2.33. The highest BCUT2D eigenvalue weighted by atomic mass is 16.6. The predicted molar refractivity (Wildman–Crippen MR) is 136 cm³/mol. The molecule has 0 aliphatic carbocycles. The molecular formula is C24H16N6O10. The van der Waals surface area contributed by atoms with Crippen molar-refractivity contribution >= 4 is 35.6 Å². The zero-order valence-corrected chi connectivity index (χ0v) is 19.9. The van der Waals surface area contributed by atoms with E-state index in [-0.39, 0.29) is 23.0 Å². The second-order valence-electron chi connectivity index (χ2n) is 7.72. The first kappa shape index (κ1) is 26.7. The van der Waals surface area contributed by atoms with Crippen LogP contribution in [0.5, 0.6) is 11.5 Å². The van der Waals surface area contributed by atoms with Crippen LogP contribution < -0.4 is 10.9 Å². The Hall–Kier alpha value is -6.32. The summed E-state index contributed by atoms with van der Waals surface area (Å²) in [6.07, 6.45) is 2.18. The SMILES string of the molecule is O=C(N/N=C\c1ccc(-c2ccc(O)c([N+](=O)[O-])c2)o1)C(=O)N/N=C\c1ccc(-c2ccc(O)c([N+](=O)[O-])c2)o1. The Morgan fingerprint density at radius 3 is 1.48 bits per heavy atom. The first-order chi connectivity index (χ1) is 19.1. The van der Waals surface area contributed by atoms with E-state index in [0.717, 1.165) is 36.7 Å². The Bertz CT molecular complexity index is 1560. The molecule has 202 valence electrons. The van der Waals surface area contributed by atoms with E-state index in [4.69, 9.17) is 8.83 Å². The van der Waals surface area contributed by atoms with Gasteiger partial charge in [-0.2, -0.15) is 10.2 Å². The maximum absolute atomic E-state index is 11.9. The molecule has 0 aliphatic rings. The molecule has 16 heteroatoms. The molecule has 0 aliphatic heterocycles. The molecule has 0 radical (unpaired) electrons. The van der Waals surface area contributed by atoms with E-state index < -0.39 is 44.5 Å². The second-order valence-corrected chi connectivity index (χ2v) is 7.72.